The number of pyridine rings is 1. The van der Waals surface area contributed by atoms with Gasteiger partial charge in [0.05, 0.1) is 29.6 Å². The van der Waals surface area contributed by atoms with Gasteiger partial charge in [0.25, 0.3) is 5.91 Å². The van der Waals surface area contributed by atoms with E-state index in [1.165, 1.54) is 24.5 Å². The van der Waals surface area contributed by atoms with Gasteiger partial charge >= 0.3 is 0 Å². The van der Waals surface area contributed by atoms with Crippen LogP contribution in [0.25, 0.3) is 43.9 Å². The second kappa shape index (κ2) is 14.6. The fourth-order valence-corrected chi connectivity index (χ4v) is 6.86. The van der Waals surface area contributed by atoms with E-state index >= 15 is 4.39 Å². The number of likely N-dealkylation sites (tertiary alicyclic amines) is 1. The summed E-state index contributed by atoms with van der Waals surface area (Å²) in [6.07, 6.45) is 1.18. The molecule has 3 N–H and O–H groups in total. The zero-order valence-corrected chi connectivity index (χ0v) is 28.1. The molecular weight excluding hydrogens is 650 g/mol. The van der Waals surface area contributed by atoms with Crippen LogP contribution in [-0.2, 0) is 9.53 Å². The Kier molecular flexibility index (Phi) is 10.1. The van der Waals surface area contributed by atoms with Gasteiger partial charge in [0.15, 0.2) is 0 Å². The number of hydrogen-bond acceptors (Lipinski definition) is 8. The summed E-state index contributed by atoms with van der Waals surface area (Å²) in [5.74, 6) is -1.69. The fraction of sp³-hybridized carbons (Fsp3) is 0.278. The van der Waals surface area contributed by atoms with Crippen molar-refractivity contribution in [2.24, 2.45) is 5.92 Å². The maximum atomic E-state index is 16.0. The van der Waals surface area contributed by atoms with E-state index in [9.17, 15) is 14.0 Å². The third-order valence-electron chi connectivity index (χ3n) is 8.38. The highest BCUT2D eigenvalue weighted by Crippen LogP contribution is 2.47. The van der Waals surface area contributed by atoms with E-state index in [1.54, 1.807) is 25.1 Å². The molecule has 2 aromatic carbocycles. The Morgan fingerprint density at radius 3 is 2.61 bits per heavy atom. The lowest BCUT2D eigenvalue weighted by Crippen LogP contribution is -2.49. The van der Waals surface area contributed by atoms with Crippen LogP contribution in [0.15, 0.2) is 66.6 Å². The summed E-state index contributed by atoms with van der Waals surface area (Å²) in [5.41, 5.74) is 3.49. The number of nitrogens with zero attached hydrogens (tertiary/aromatic N) is 3. The number of H-pyrrole nitrogens is 1. The van der Waals surface area contributed by atoms with E-state index in [-0.39, 0.29) is 36.3 Å². The summed E-state index contributed by atoms with van der Waals surface area (Å²) in [4.78, 5) is 32.2. The van der Waals surface area contributed by atoms with Crippen molar-refractivity contribution >= 4 is 33.2 Å². The number of aromatic amines is 1. The predicted molar refractivity (Wildman–Crippen MR) is 185 cm³/mol. The minimum Gasteiger partial charge on any atom is -0.490 e. The maximum Gasteiger partial charge on any atom is 0.251 e. The zero-order chi connectivity index (χ0) is 34.7. The summed E-state index contributed by atoms with van der Waals surface area (Å²) in [5, 5.41) is 15.9. The number of methoxy groups -OCH3 is 1. The molecule has 13 heteroatoms. The van der Waals surface area contributed by atoms with E-state index in [0.29, 0.717) is 51.1 Å². The number of aromatic nitrogens is 3. The summed E-state index contributed by atoms with van der Waals surface area (Å²) in [6, 6.07) is 12.3. The first kappa shape index (κ1) is 33.9. The number of carbonyl (C=O) groups excluding carboxylic acids is 2. The number of thiophene rings is 1. The van der Waals surface area contributed by atoms with Crippen LogP contribution in [0.2, 0.25) is 0 Å². The molecule has 10 nitrogen and oxygen atoms in total. The van der Waals surface area contributed by atoms with Gasteiger partial charge in [-0.1, -0.05) is 18.7 Å². The van der Waals surface area contributed by atoms with Crippen LogP contribution in [0.5, 0.6) is 5.75 Å². The molecule has 1 aliphatic rings. The second-order valence-electron chi connectivity index (χ2n) is 12.0. The van der Waals surface area contributed by atoms with Gasteiger partial charge in [-0.3, -0.25) is 14.7 Å². The molecule has 1 atom stereocenters. The highest BCUT2D eigenvalue weighted by Gasteiger charge is 2.27. The van der Waals surface area contributed by atoms with Crippen molar-refractivity contribution in [1.82, 2.24) is 30.7 Å². The standard InChI is InChI=1S/C36H36F2N6O4S/c1-5-30(45)40-20(2)27-16-28(43-42-27)34-32(31-26(38)14-24(37)15-29(31)48-12-11-47-4)35-25(10-13-49-35)33(41-34)22-6-8-23(9-7-22)36(46)39-17-21-18-44(3)19-21/h5-10,13-16,20-21H,1,11-12,17-19H2,2-4H3,(H,39,46)(H,40,45)(H,42,43)/t20-/m1/s1. The molecule has 4 heterocycles. The number of ether oxygens (including phenoxy) is 2. The first-order chi connectivity index (χ1) is 23.7. The van der Waals surface area contributed by atoms with Crippen molar-refractivity contribution in [3.63, 3.8) is 0 Å². The number of rotatable bonds is 13. The minimum atomic E-state index is -0.829. The Morgan fingerprint density at radius 1 is 1.12 bits per heavy atom. The van der Waals surface area contributed by atoms with Crippen LogP contribution < -0.4 is 15.4 Å². The molecule has 6 rings (SSSR count). The number of halogens is 2. The molecule has 0 aliphatic carbocycles. The average Bonchev–Trinajstić information content (AvgIpc) is 3.77. The van der Waals surface area contributed by atoms with Gasteiger partial charge in [-0.25, -0.2) is 13.8 Å². The van der Waals surface area contributed by atoms with Gasteiger partial charge in [0.1, 0.15) is 35.4 Å². The Hall–Kier alpha value is -4.98. The lowest BCUT2D eigenvalue weighted by Gasteiger charge is -2.36. The third kappa shape index (κ3) is 7.24. The predicted octanol–water partition coefficient (Wildman–Crippen LogP) is 5.98. The zero-order valence-electron chi connectivity index (χ0n) is 27.3. The van der Waals surface area contributed by atoms with Crippen LogP contribution in [-0.4, -0.2) is 78.9 Å². The van der Waals surface area contributed by atoms with E-state index < -0.39 is 17.7 Å². The Bertz CT molecular complexity index is 2000. The SMILES string of the molecule is C=CC(=O)N[C@H](C)c1cc(-c2nc(-c3ccc(C(=O)NCC4CN(C)C4)cc3)c3ccsc3c2-c2c(F)cc(F)cc2OCCOC)n[nH]1. The van der Waals surface area contributed by atoms with E-state index in [0.717, 1.165) is 36.2 Å². The highest BCUT2D eigenvalue weighted by molar-refractivity contribution is 7.18. The summed E-state index contributed by atoms with van der Waals surface area (Å²) < 4.78 is 42.2. The number of benzene rings is 2. The number of fused-ring (bicyclic) bond motifs is 1. The fourth-order valence-electron chi connectivity index (χ4n) is 5.91. The topological polar surface area (TPSA) is 121 Å². The molecule has 2 amide bonds. The van der Waals surface area contributed by atoms with Gasteiger partial charge < -0.3 is 25.0 Å². The first-order valence-corrected chi connectivity index (χ1v) is 16.6. The molecule has 49 heavy (non-hydrogen) atoms. The maximum absolute atomic E-state index is 16.0. The van der Waals surface area contributed by atoms with Crippen LogP contribution in [0.1, 0.15) is 29.0 Å². The number of nitrogens with one attached hydrogen (secondary N) is 3. The Morgan fingerprint density at radius 2 is 1.90 bits per heavy atom. The molecule has 254 valence electrons. The molecule has 3 aromatic heterocycles. The van der Waals surface area contributed by atoms with Gasteiger partial charge in [-0.2, -0.15) is 5.10 Å². The van der Waals surface area contributed by atoms with Crippen molar-refractivity contribution in [2.75, 3.05) is 47.0 Å². The quantitative estimate of drug-likeness (QED) is 0.103. The highest BCUT2D eigenvalue weighted by atomic mass is 32.1. The normalized spacial score (nSPS) is 14.0. The van der Waals surface area contributed by atoms with Crippen molar-refractivity contribution in [3.05, 3.63) is 89.5 Å². The number of amides is 2. The van der Waals surface area contributed by atoms with E-state index in [1.807, 2.05) is 23.6 Å². The molecule has 0 saturated carbocycles. The Balaban J connectivity index is 1.46. The lowest BCUT2D eigenvalue weighted by atomic mass is 9.96. The van der Waals surface area contributed by atoms with Crippen LogP contribution in [0, 0.1) is 17.6 Å². The van der Waals surface area contributed by atoms with E-state index in [2.05, 4.69) is 39.4 Å². The molecule has 5 aromatic rings. The molecule has 0 spiro atoms. The van der Waals surface area contributed by atoms with E-state index in [4.69, 9.17) is 14.5 Å². The van der Waals surface area contributed by atoms with Crippen molar-refractivity contribution in [3.8, 4) is 39.5 Å². The third-order valence-corrected chi connectivity index (χ3v) is 9.32. The van der Waals surface area contributed by atoms with Gasteiger partial charge in [-0.15, -0.1) is 11.3 Å². The van der Waals surface area contributed by atoms with Crippen LogP contribution in [0.4, 0.5) is 8.78 Å². The lowest BCUT2D eigenvalue weighted by molar-refractivity contribution is -0.117. The molecule has 0 radical (unpaired) electrons. The second-order valence-corrected chi connectivity index (χ2v) is 12.9. The largest absolute Gasteiger partial charge is 0.490 e. The monoisotopic (exact) mass is 686 g/mol. The summed E-state index contributed by atoms with van der Waals surface area (Å²) in [6.45, 7) is 8.09. The number of carbonyl (C=O) groups is 2. The minimum absolute atomic E-state index is 0.00802. The molecule has 0 bridgehead atoms. The van der Waals surface area contributed by atoms with Gasteiger partial charge in [-0.05, 0) is 49.7 Å². The van der Waals surface area contributed by atoms with Gasteiger partial charge in [0.2, 0.25) is 5.91 Å². The molecular formula is C36H36F2N6O4S. The summed E-state index contributed by atoms with van der Waals surface area (Å²) >= 11 is 1.37. The first-order valence-electron chi connectivity index (χ1n) is 15.7. The smallest absolute Gasteiger partial charge is 0.251 e. The summed E-state index contributed by atoms with van der Waals surface area (Å²) in [7, 11) is 3.56. The van der Waals surface area contributed by atoms with Crippen LogP contribution in [0.3, 0.4) is 0 Å². The Labute approximate surface area is 286 Å². The van der Waals surface area contributed by atoms with Crippen molar-refractivity contribution in [1.29, 1.82) is 0 Å². The molecule has 0 unspecified atom stereocenters. The van der Waals surface area contributed by atoms with Gasteiger partial charge in [0, 0.05) is 71.6 Å². The molecule has 1 saturated heterocycles. The van der Waals surface area contributed by atoms with Crippen molar-refractivity contribution in [2.45, 2.75) is 13.0 Å². The molecule has 1 fully saturated rings. The molecule has 1 aliphatic heterocycles. The van der Waals surface area contributed by atoms with Crippen molar-refractivity contribution < 1.29 is 27.8 Å². The van der Waals surface area contributed by atoms with Crippen LogP contribution >= 0.6 is 11.3 Å². The average molecular weight is 687 g/mol. The number of hydrogen-bond donors (Lipinski definition) is 3.